The Kier molecular flexibility index (Phi) is 5.46. The molecule has 6 heteroatoms. The number of nitrogen functional groups attached to an aromatic ring is 1. The molecule has 3 rings (SSSR count). The van der Waals surface area contributed by atoms with Gasteiger partial charge >= 0.3 is 161 Å². The van der Waals surface area contributed by atoms with Gasteiger partial charge in [0.25, 0.3) is 0 Å². The average Bonchev–Trinajstić information content (AvgIpc) is 2.62. The fourth-order valence-electron chi connectivity index (χ4n) is 2.86. The van der Waals surface area contributed by atoms with Gasteiger partial charge in [-0.1, -0.05) is 0 Å². The van der Waals surface area contributed by atoms with Crippen LogP contribution in [0.15, 0.2) is 53.5 Å². The van der Waals surface area contributed by atoms with E-state index in [4.69, 9.17) is 15.7 Å². The maximum atomic E-state index is 12.1. The first-order valence-corrected chi connectivity index (χ1v) is 15.8. The van der Waals surface area contributed by atoms with Crippen molar-refractivity contribution in [1.82, 2.24) is 14.5 Å². The average molecular weight is 454 g/mol. The summed E-state index contributed by atoms with van der Waals surface area (Å²) in [5, 5.41) is 0. The summed E-state index contributed by atoms with van der Waals surface area (Å²) in [6, 6.07) is 13.4. The Bertz CT molecular complexity index is 981. The Morgan fingerprint density at radius 3 is 2.23 bits per heavy atom. The third-order valence-electron chi connectivity index (χ3n) is 4.21. The van der Waals surface area contributed by atoms with Crippen LogP contribution in [0.25, 0.3) is 22.5 Å². The standard InChI is InChI=1S/C18H17N4O.2CH3.Sn/c1-12(2)22-11-14(8-9-16(22)23)17-18(21-15(19)10-20-17)13-6-4-3-5-7-13;;;/h3-9,11-12H,1-2H3,(H2,19,21);2*1H3;. The molecule has 5 nitrogen and oxygen atoms in total. The second kappa shape index (κ2) is 7.61. The van der Waals surface area contributed by atoms with Crippen molar-refractivity contribution in [2.75, 3.05) is 5.73 Å². The molecule has 0 spiro atoms. The van der Waals surface area contributed by atoms with E-state index in [0.29, 0.717) is 5.82 Å². The fraction of sp³-hybridized carbons (Fsp3) is 0.250. The van der Waals surface area contributed by atoms with Crippen molar-refractivity contribution in [1.29, 1.82) is 0 Å². The number of pyridine rings is 1. The monoisotopic (exact) mass is 455 g/mol. The van der Waals surface area contributed by atoms with Crippen LogP contribution in [0.3, 0.4) is 0 Å². The summed E-state index contributed by atoms with van der Waals surface area (Å²) in [6.45, 7) is 3.99. The third kappa shape index (κ3) is 3.67. The van der Waals surface area contributed by atoms with E-state index in [0.717, 1.165) is 26.2 Å². The molecule has 0 atom stereocenters. The zero-order chi connectivity index (χ0) is 18.8. The van der Waals surface area contributed by atoms with Gasteiger partial charge in [0.05, 0.1) is 0 Å². The number of benzene rings is 1. The molecule has 1 radical (unpaired) electrons. The summed E-state index contributed by atoms with van der Waals surface area (Å²) in [5.41, 5.74) is 9.61. The molecule has 26 heavy (non-hydrogen) atoms. The molecule has 0 fully saturated rings. The molecule has 0 aliphatic heterocycles. The van der Waals surface area contributed by atoms with Gasteiger partial charge in [-0.25, -0.2) is 0 Å². The number of anilines is 1. The van der Waals surface area contributed by atoms with E-state index < -0.39 is 19.8 Å². The van der Waals surface area contributed by atoms with Crippen LogP contribution in [0.2, 0.25) is 9.88 Å². The summed E-state index contributed by atoms with van der Waals surface area (Å²) < 4.78 is 2.68. The van der Waals surface area contributed by atoms with Crippen molar-refractivity contribution in [2.24, 2.45) is 0 Å². The van der Waals surface area contributed by atoms with E-state index in [9.17, 15) is 4.79 Å². The molecule has 0 bridgehead atoms. The van der Waals surface area contributed by atoms with E-state index >= 15 is 0 Å². The Morgan fingerprint density at radius 1 is 0.962 bits per heavy atom. The number of hydrogen-bond acceptors (Lipinski definition) is 4. The number of nitrogens with zero attached hydrogens (tertiary/aromatic N) is 3. The molecule has 2 aromatic heterocycles. The summed E-state index contributed by atoms with van der Waals surface area (Å²) in [5.74, 6) is 0.532. The molecule has 1 aromatic carbocycles. The molecule has 2 N–H and O–H groups in total. The summed E-state index contributed by atoms with van der Waals surface area (Å²) in [4.78, 5) is 26.3. The van der Waals surface area contributed by atoms with Crippen LogP contribution in [0.4, 0.5) is 5.82 Å². The van der Waals surface area contributed by atoms with Gasteiger partial charge in [0.15, 0.2) is 0 Å². The van der Waals surface area contributed by atoms with Crippen LogP contribution in [-0.2, 0) is 0 Å². The van der Waals surface area contributed by atoms with Crippen LogP contribution in [0.1, 0.15) is 19.9 Å². The summed E-state index contributed by atoms with van der Waals surface area (Å²) in [6.07, 6.45) is 1.87. The second-order valence-electron chi connectivity index (χ2n) is 6.78. The normalized spacial score (nSPS) is 11.3. The van der Waals surface area contributed by atoms with Gasteiger partial charge in [-0.3, -0.25) is 0 Å². The van der Waals surface area contributed by atoms with Gasteiger partial charge in [0.1, 0.15) is 0 Å². The summed E-state index contributed by atoms with van der Waals surface area (Å²) >= 11 is -1.83. The molecular formula is C20H23N4OSn. The minimum atomic E-state index is -1.83. The van der Waals surface area contributed by atoms with E-state index in [2.05, 4.69) is 9.88 Å². The number of rotatable bonds is 4. The molecule has 0 aliphatic rings. The molecule has 2 heterocycles. The third-order valence-corrected chi connectivity index (χ3v) is 7.97. The zero-order valence-electron chi connectivity index (χ0n) is 15.5. The van der Waals surface area contributed by atoms with Crippen molar-refractivity contribution in [3.8, 4) is 22.5 Å². The summed E-state index contributed by atoms with van der Waals surface area (Å²) in [7, 11) is 0. The quantitative estimate of drug-likeness (QED) is 0.616. The number of hydrogen-bond donors (Lipinski definition) is 1. The van der Waals surface area contributed by atoms with Gasteiger partial charge in [0.2, 0.25) is 0 Å². The molecule has 0 saturated carbocycles. The molecule has 3 aromatic rings. The second-order valence-corrected chi connectivity index (χ2v) is 13.8. The van der Waals surface area contributed by atoms with Crippen LogP contribution in [0, 0.1) is 0 Å². The van der Waals surface area contributed by atoms with Crippen LogP contribution in [0.5, 0.6) is 0 Å². The predicted molar refractivity (Wildman–Crippen MR) is 109 cm³/mol. The molecule has 0 unspecified atom stereocenters. The predicted octanol–water partition coefficient (Wildman–Crippen LogP) is 3.10. The Labute approximate surface area is 160 Å². The fourth-order valence-corrected chi connectivity index (χ4v) is 5.44. The van der Waals surface area contributed by atoms with E-state index in [-0.39, 0.29) is 11.6 Å². The maximum absolute atomic E-state index is 12.1. The Hall–Kier alpha value is -2.15. The first-order valence-electron chi connectivity index (χ1n) is 8.64. The van der Waals surface area contributed by atoms with Gasteiger partial charge in [0, 0.05) is 0 Å². The van der Waals surface area contributed by atoms with Crippen molar-refractivity contribution in [2.45, 2.75) is 29.8 Å². The van der Waals surface area contributed by atoms with Crippen molar-refractivity contribution < 1.29 is 0 Å². The van der Waals surface area contributed by atoms with Gasteiger partial charge < -0.3 is 0 Å². The van der Waals surface area contributed by atoms with E-state index in [1.54, 1.807) is 10.6 Å². The first-order chi connectivity index (χ1) is 12.4. The molecule has 0 aliphatic carbocycles. The molecule has 133 valence electrons. The van der Waals surface area contributed by atoms with Crippen LogP contribution >= 0.6 is 0 Å². The minimum absolute atomic E-state index is 0.0178. The van der Waals surface area contributed by atoms with Gasteiger partial charge in [-0.05, 0) is 0 Å². The topological polar surface area (TPSA) is 73.8 Å². The van der Waals surface area contributed by atoms with Crippen molar-refractivity contribution in [3.63, 3.8) is 0 Å². The first kappa shape index (κ1) is 18.6. The van der Waals surface area contributed by atoms with Crippen molar-refractivity contribution in [3.05, 3.63) is 59.0 Å². The van der Waals surface area contributed by atoms with Crippen molar-refractivity contribution >= 4 is 29.3 Å². The molecular weight excluding hydrogens is 431 g/mol. The number of aromatic nitrogens is 3. The zero-order valence-corrected chi connectivity index (χ0v) is 18.4. The van der Waals surface area contributed by atoms with Crippen LogP contribution < -0.4 is 15.0 Å². The van der Waals surface area contributed by atoms with E-state index in [1.807, 2.05) is 56.4 Å². The molecule has 0 amide bonds. The Balaban J connectivity index is 2.30. The molecule has 0 saturated heterocycles. The van der Waals surface area contributed by atoms with Gasteiger partial charge in [-0.2, -0.15) is 0 Å². The SMILES string of the molecule is CC(C)n1cc(-c2n[c]([Sn]([CH3])[CH3])c(N)nc2-c2ccccc2)ccc1=O. The van der Waals surface area contributed by atoms with E-state index in [1.165, 1.54) is 0 Å². The van der Waals surface area contributed by atoms with Crippen LogP contribution in [-0.4, -0.2) is 34.3 Å². The Morgan fingerprint density at radius 2 is 1.62 bits per heavy atom. The van der Waals surface area contributed by atoms with Gasteiger partial charge in [-0.15, -0.1) is 0 Å². The number of nitrogens with two attached hydrogens (primary N) is 1.